The lowest BCUT2D eigenvalue weighted by Crippen LogP contribution is -2.48. The van der Waals surface area contributed by atoms with Gasteiger partial charge in [0.2, 0.25) is 5.91 Å². The van der Waals surface area contributed by atoms with Gasteiger partial charge in [0.15, 0.2) is 0 Å². The molecule has 2 atom stereocenters. The fraction of sp³-hybridized carbons (Fsp3) is 0.465. The van der Waals surface area contributed by atoms with E-state index in [1.54, 1.807) is 0 Å². The summed E-state index contributed by atoms with van der Waals surface area (Å²) in [5, 5.41) is 1.01. The summed E-state index contributed by atoms with van der Waals surface area (Å²) in [5.41, 5.74) is 4.05. The number of H-pyrrole nitrogens is 2. The number of carbonyl (C=O) groups excluding carboxylic acids is 1. The highest BCUT2D eigenvalue weighted by Crippen LogP contribution is 2.43. The number of aryl methyl sites for hydroxylation is 1. The topological polar surface area (TPSA) is 97.6 Å². The average molecular weight is 757 g/mol. The Morgan fingerprint density at radius 2 is 1.73 bits per heavy atom. The molecule has 12 heteroatoms. The number of hydrogen-bond donors (Lipinski definition) is 2. The largest absolute Gasteiger partial charge is 0.493 e. The van der Waals surface area contributed by atoms with Crippen LogP contribution in [0.5, 0.6) is 5.75 Å². The molecule has 1 fully saturated rings. The van der Waals surface area contributed by atoms with Gasteiger partial charge in [-0.2, -0.15) is 0 Å². The van der Waals surface area contributed by atoms with Crippen molar-refractivity contribution in [3.63, 3.8) is 0 Å². The van der Waals surface area contributed by atoms with E-state index >= 15 is 13.2 Å². The molecule has 0 unspecified atom stereocenters. The van der Waals surface area contributed by atoms with Gasteiger partial charge < -0.3 is 19.6 Å². The van der Waals surface area contributed by atoms with Gasteiger partial charge in [-0.15, -0.1) is 0 Å². The summed E-state index contributed by atoms with van der Waals surface area (Å²) in [6.07, 6.45) is 5.64. The minimum Gasteiger partial charge on any atom is -0.493 e. The van der Waals surface area contributed by atoms with E-state index in [0.29, 0.717) is 57.4 Å². The first-order valence-electron chi connectivity index (χ1n) is 19.6. The standard InChI is InChI=1S/C43H51F3N6O3/c1-5-29-21-36-37(49-42(29)54)20-28(24-47-36)25-50-14-16-51(17-15-50)38(53)13-7-6-10-18-55-30-22-33(44)39(34(45)23-30)41-40-32(31-11-8-9-12-35(31)48-40)19-27(2)52(41)26-43(3,4)46/h8-9,11-12,20-24,27,41,48H,5-7,10,13-19,25-26H2,1-4H3,(H,49,54)/t27-,41-/m1/s1. The number of ether oxygens (including phenoxy) is 1. The Morgan fingerprint density at radius 3 is 2.45 bits per heavy atom. The van der Waals surface area contributed by atoms with Crippen LogP contribution in [0.15, 0.2) is 59.5 Å². The van der Waals surface area contributed by atoms with E-state index in [9.17, 15) is 9.59 Å². The second-order valence-corrected chi connectivity index (χ2v) is 15.8. The van der Waals surface area contributed by atoms with E-state index in [0.717, 1.165) is 58.1 Å². The SMILES string of the molecule is CCc1cc2ncc(CN3CCN(C(=O)CCCCCOc4cc(F)c([C@@H]5c6[nH]c7ccccc7c6C[C@@H](C)N5CC(C)(C)F)c(F)c4)CC3)cc2[nH]c1=O. The van der Waals surface area contributed by atoms with Gasteiger partial charge in [-0.25, -0.2) is 13.2 Å². The minimum absolute atomic E-state index is 0.0120. The van der Waals surface area contributed by atoms with Crippen molar-refractivity contribution in [1.29, 1.82) is 0 Å². The molecule has 0 aliphatic carbocycles. The highest BCUT2D eigenvalue weighted by molar-refractivity contribution is 5.85. The number of benzene rings is 2. The monoisotopic (exact) mass is 756 g/mol. The number of nitrogens with one attached hydrogen (secondary N) is 2. The second-order valence-electron chi connectivity index (χ2n) is 15.8. The van der Waals surface area contributed by atoms with E-state index in [2.05, 4.69) is 19.9 Å². The number of hydrogen-bond acceptors (Lipinski definition) is 6. The molecular formula is C43H51F3N6O3. The van der Waals surface area contributed by atoms with Crippen LogP contribution in [0.3, 0.4) is 0 Å². The van der Waals surface area contributed by atoms with Crippen LogP contribution >= 0.6 is 0 Å². The van der Waals surface area contributed by atoms with Crippen LogP contribution in [0.2, 0.25) is 0 Å². The Balaban J connectivity index is 0.889. The summed E-state index contributed by atoms with van der Waals surface area (Å²) in [6.45, 7) is 10.7. The van der Waals surface area contributed by atoms with Crippen molar-refractivity contribution < 1.29 is 22.7 Å². The molecule has 2 aliphatic rings. The third-order valence-corrected chi connectivity index (χ3v) is 11.0. The molecule has 1 saturated heterocycles. The van der Waals surface area contributed by atoms with Crippen molar-refractivity contribution in [1.82, 2.24) is 29.7 Å². The lowest BCUT2D eigenvalue weighted by atomic mass is 9.87. The summed E-state index contributed by atoms with van der Waals surface area (Å²) >= 11 is 0. The van der Waals surface area contributed by atoms with E-state index < -0.39 is 23.3 Å². The van der Waals surface area contributed by atoms with Crippen LogP contribution in [-0.2, 0) is 24.2 Å². The first kappa shape index (κ1) is 38.6. The molecule has 9 nitrogen and oxygen atoms in total. The molecule has 0 bridgehead atoms. The Labute approximate surface area is 319 Å². The van der Waals surface area contributed by atoms with Crippen LogP contribution in [-0.4, -0.2) is 86.6 Å². The predicted octanol–water partition coefficient (Wildman–Crippen LogP) is 7.61. The molecular weight excluding hydrogens is 706 g/mol. The molecule has 0 saturated carbocycles. The summed E-state index contributed by atoms with van der Waals surface area (Å²) in [4.78, 5) is 42.2. The fourth-order valence-electron chi connectivity index (χ4n) is 8.24. The molecule has 0 spiro atoms. The highest BCUT2D eigenvalue weighted by Gasteiger charge is 2.41. The predicted molar refractivity (Wildman–Crippen MR) is 209 cm³/mol. The molecule has 7 rings (SSSR count). The fourth-order valence-corrected chi connectivity index (χ4v) is 8.24. The number of pyridine rings is 2. The number of aromatic nitrogens is 3. The molecule has 0 radical (unpaired) electrons. The van der Waals surface area contributed by atoms with Gasteiger partial charge in [0.1, 0.15) is 23.1 Å². The minimum atomic E-state index is -1.58. The van der Waals surface area contributed by atoms with Gasteiger partial charge in [-0.05, 0) is 82.2 Å². The van der Waals surface area contributed by atoms with Crippen LogP contribution in [0, 0.1) is 11.6 Å². The average Bonchev–Trinajstić information content (AvgIpc) is 3.51. The zero-order chi connectivity index (χ0) is 38.9. The molecule has 5 heterocycles. The number of aromatic amines is 2. The van der Waals surface area contributed by atoms with Crippen molar-refractivity contribution >= 4 is 27.8 Å². The van der Waals surface area contributed by atoms with Gasteiger partial charge >= 0.3 is 0 Å². The highest BCUT2D eigenvalue weighted by atomic mass is 19.1. The number of alkyl halides is 1. The second kappa shape index (κ2) is 16.2. The Morgan fingerprint density at radius 1 is 0.982 bits per heavy atom. The van der Waals surface area contributed by atoms with Crippen LogP contribution < -0.4 is 10.3 Å². The van der Waals surface area contributed by atoms with Crippen molar-refractivity contribution in [3.8, 4) is 5.75 Å². The zero-order valence-corrected chi connectivity index (χ0v) is 32.2. The number of piperazine rings is 1. The van der Waals surface area contributed by atoms with Gasteiger partial charge in [0.05, 0.1) is 23.7 Å². The van der Waals surface area contributed by atoms with Crippen molar-refractivity contribution in [3.05, 3.63) is 105 Å². The molecule has 55 heavy (non-hydrogen) atoms. The Hall–Kier alpha value is -4.68. The maximum atomic E-state index is 16.0. The number of amides is 1. The first-order valence-corrected chi connectivity index (χ1v) is 19.6. The molecule has 2 N–H and O–H groups in total. The summed E-state index contributed by atoms with van der Waals surface area (Å²) < 4.78 is 52.9. The van der Waals surface area contributed by atoms with E-state index in [1.807, 2.05) is 66.2 Å². The number of unbranched alkanes of at least 4 members (excludes halogenated alkanes) is 2. The van der Waals surface area contributed by atoms with Crippen LogP contribution in [0.4, 0.5) is 13.2 Å². The number of carbonyl (C=O) groups is 1. The third-order valence-electron chi connectivity index (χ3n) is 11.0. The van der Waals surface area contributed by atoms with Crippen molar-refractivity contribution in [2.45, 2.75) is 90.5 Å². The summed E-state index contributed by atoms with van der Waals surface area (Å²) in [6, 6.07) is 13.1. The zero-order valence-electron chi connectivity index (χ0n) is 32.2. The smallest absolute Gasteiger partial charge is 0.251 e. The van der Waals surface area contributed by atoms with Gasteiger partial charge in [-0.3, -0.25) is 24.4 Å². The summed E-state index contributed by atoms with van der Waals surface area (Å²) in [5.74, 6) is -1.25. The summed E-state index contributed by atoms with van der Waals surface area (Å²) in [7, 11) is 0. The lowest BCUT2D eigenvalue weighted by Gasteiger charge is -2.43. The molecule has 2 aliphatic heterocycles. The first-order chi connectivity index (χ1) is 26.4. The van der Waals surface area contributed by atoms with Gasteiger partial charge in [-0.1, -0.05) is 25.1 Å². The number of fused-ring (bicyclic) bond motifs is 4. The molecule has 3 aromatic heterocycles. The molecule has 1 amide bonds. The number of para-hydroxylation sites is 1. The van der Waals surface area contributed by atoms with E-state index in [1.165, 1.54) is 26.0 Å². The van der Waals surface area contributed by atoms with E-state index in [-0.39, 0.29) is 42.0 Å². The van der Waals surface area contributed by atoms with Crippen LogP contribution in [0.1, 0.15) is 87.4 Å². The van der Waals surface area contributed by atoms with Crippen LogP contribution in [0.25, 0.3) is 21.9 Å². The normalized spacial score (nSPS) is 18.3. The number of nitrogens with zero attached hydrogens (tertiary/aromatic N) is 4. The molecule has 2 aromatic carbocycles. The Kier molecular flexibility index (Phi) is 11.4. The van der Waals surface area contributed by atoms with Crippen molar-refractivity contribution in [2.75, 3.05) is 39.3 Å². The molecule has 5 aromatic rings. The Bertz CT molecular complexity index is 2200. The number of rotatable bonds is 13. The maximum absolute atomic E-state index is 16.0. The van der Waals surface area contributed by atoms with Gasteiger partial charge in [0, 0.05) is 97.8 Å². The van der Waals surface area contributed by atoms with Gasteiger partial charge in [0.25, 0.3) is 5.56 Å². The lowest BCUT2D eigenvalue weighted by molar-refractivity contribution is -0.133. The number of halogens is 3. The van der Waals surface area contributed by atoms with E-state index in [4.69, 9.17) is 4.74 Å². The third kappa shape index (κ3) is 8.60. The maximum Gasteiger partial charge on any atom is 0.251 e. The van der Waals surface area contributed by atoms with Crippen molar-refractivity contribution in [2.24, 2.45) is 0 Å². The quantitative estimate of drug-likeness (QED) is 0.120. The molecule has 292 valence electrons.